The lowest BCUT2D eigenvalue weighted by Crippen LogP contribution is -2.27. The first-order valence-corrected chi connectivity index (χ1v) is 4.75. The van der Waals surface area contributed by atoms with E-state index in [1.807, 2.05) is 0 Å². The van der Waals surface area contributed by atoms with E-state index >= 15 is 0 Å². The van der Waals surface area contributed by atoms with Crippen molar-refractivity contribution in [2.45, 2.75) is 19.3 Å². The summed E-state index contributed by atoms with van der Waals surface area (Å²) in [5.41, 5.74) is 0. The van der Waals surface area contributed by atoms with E-state index in [1.54, 1.807) is 7.05 Å². The molecule has 3 nitrogen and oxygen atoms in total. The van der Waals surface area contributed by atoms with E-state index in [1.165, 1.54) is 4.90 Å². The molecule has 0 radical (unpaired) electrons. The molecular formula is C7H14BrNO2. The van der Waals surface area contributed by atoms with Gasteiger partial charge in [-0.15, -0.1) is 0 Å². The Hall–Kier alpha value is -0.0900. The number of nitrogens with zero attached hydrogens (tertiary/aromatic N) is 1. The Morgan fingerprint density at radius 3 is 2.64 bits per heavy atom. The molecule has 0 aromatic heterocycles. The maximum absolute atomic E-state index is 11.0. The minimum absolute atomic E-state index is 0.00782. The first kappa shape index (κ1) is 10.9. The SMILES string of the molecule is CN(CO)C(=O)CCCCBr. The molecule has 4 heteroatoms. The van der Waals surface area contributed by atoms with Gasteiger partial charge in [0.2, 0.25) is 5.91 Å². The van der Waals surface area contributed by atoms with E-state index in [4.69, 9.17) is 5.11 Å². The van der Waals surface area contributed by atoms with E-state index in [9.17, 15) is 4.79 Å². The second-order valence-corrected chi connectivity index (χ2v) is 3.17. The van der Waals surface area contributed by atoms with Crippen molar-refractivity contribution >= 4 is 21.8 Å². The first-order chi connectivity index (χ1) is 5.22. The number of unbranched alkanes of at least 4 members (excludes halogenated alkanes) is 1. The lowest BCUT2D eigenvalue weighted by molar-refractivity contribution is -0.133. The molecule has 0 spiro atoms. The molecule has 0 aromatic rings. The summed E-state index contributed by atoms with van der Waals surface area (Å²) in [6.07, 6.45) is 2.42. The van der Waals surface area contributed by atoms with Crippen molar-refractivity contribution in [1.29, 1.82) is 0 Å². The zero-order valence-electron chi connectivity index (χ0n) is 6.72. The number of aliphatic hydroxyl groups excluding tert-OH is 1. The number of rotatable bonds is 5. The summed E-state index contributed by atoms with van der Waals surface area (Å²) in [4.78, 5) is 12.3. The lowest BCUT2D eigenvalue weighted by atomic mass is 10.2. The number of halogens is 1. The van der Waals surface area contributed by atoms with Gasteiger partial charge in [0.05, 0.1) is 0 Å². The molecule has 0 unspecified atom stereocenters. The maximum Gasteiger partial charge on any atom is 0.224 e. The molecule has 1 N–H and O–H groups in total. The third-order valence-corrected chi connectivity index (χ3v) is 1.97. The summed E-state index contributed by atoms with van der Waals surface area (Å²) < 4.78 is 0. The van der Waals surface area contributed by atoms with Crippen LogP contribution in [0.3, 0.4) is 0 Å². The molecule has 0 saturated heterocycles. The zero-order valence-corrected chi connectivity index (χ0v) is 8.30. The second-order valence-electron chi connectivity index (χ2n) is 2.38. The van der Waals surface area contributed by atoms with Gasteiger partial charge in [-0.1, -0.05) is 15.9 Å². The fraction of sp³-hybridized carbons (Fsp3) is 0.857. The predicted octanol–water partition coefficient (Wildman–Crippen LogP) is 0.960. The average molecular weight is 224 g/mol. The van der Waals surface area contributed by atoms with Crippen LogP contribution in [0.15, 0.2) is 0 Å². The van der Waals surface area contributed by atoms with Gasteiger partial charge in [0.1, 0.15) is 6.73 Å². The Kier molecular flexibility index (Phi) is 6.56. The summed E-state index contributed by atoms with van der Waals surface area (Å²) in [6.45, 7) is -0.187. The molecule has 1 amide bonds. The first-order valence-electron chi connectivity index (χ1n) is 3.63. The molecule has 0 fully saturated rings. The highest BCUT2D eigenvalue weighted by Gasteiger charge is 2.05. The molecule has 0 heterocycles. The van der Waals surface area contributed by atoms with E-state index < -0.39 is 0 Å². The van der Waals surface area contributed by atoms with Gasteiger partial charge in [0.25, 0.3) is 0 Å². The van der Waals surface area contributed by atoms with Crippen LogP contribution in [0.1, 0.15) is 19.3 Å². The van der Waals surface area contributed by atoms with E-state index in [0.717, 1.165) is 18.2 Å². The number of hydrogen-bond acceptors (Lipinski definition) is 2. The van der Waals surface area contributed by atoms with E-state index in [0.29, 0.717) is 6.42 Å². The highest BCUT2D eigenvalue weighted by molar-refractivity contribution is 9.09. The number of amides is 1. The van der Waals surface area contributed by atoms with Crippen molar-refractivity contribution in [2.75, 3.05) is 19.1 Å². The van der Waals surface area contributed by atoms with Gasteiger partial charge in [-0.05, 0) is 12.8 Å². The minimum atomic E-state index is -0.187. The largest absolute Gasteiger partial charge is 0.376 e. The molecule has 0 bridgehead atoms. The molecule has 0 aliphatic heterocycles. The summed E-state index contributed by atoms with van der Waals surface area (Å²) in [6, 6.07) is 0. The third-order valence-electron chi connectivity index (χ3n) is 1.41. The quantitative estimate of drug-likeness (QED) is 0.429. The smallest absolute Gasteiger partial charge is 0.224 e. The van der Waals surface area contributed by atoms with Crippen LogP contribution >= 0.6 is 15.9 Å². The van der Waals surface area contributed by atoms with Gasteiger partial charge in [0.15, 0.2) is 0 Å². The standard InChI is InChI=1S/C7H14BrNO2/c1-9(6-10)7(11)4-2-3-5-8/h10H,2-6H2,1H3. The molecule has 66 valence electrons. The van der Waals surface area contributed by atoms with Crippen molar-refractivity contribution < 1.29 is 9.90 Å². The van der Waals surface area contributed by atoms with Crippen molar-refractivity contribution in [2.24, 2.45) is 0 Å². The molecule has 0 aliphatic rings. The molecule has 0 aromatic carbocycles. The Balaban J connectivity index is 3.36. The molecule has 11 heavy (non-hydrogen) atoms. The van der Waals surface area contributed by atoms with Crippen LogP contribution in [-0.2, 0) is 4.79 Å². The predicted molar refractivity (Wildman–Crippen MR) is 47.5 cm³/mol. The van der Waals surface area contributed by atoms with E-state index in [-0.39, 0.29) is 12.6 Å². The van der Waals surface area contributed by atoms with Crippen molar-refractivity contribution in [3.63, 3.8) is 0 Å². The van der Waals surface area contributed by atoms with Crippen molar-refractivity contribution in [3.05, 3.63) is 0 Å². The van der Waals surface area contributed by atoms with Crippen molar-refractivity contribution in [3.8, 4) is 0 Å². The number of hydrogen-bond donors (Lipinski definition) is 1. The molecule has 0 aliphatic carbocycles. The lowest BCUT2D eigenvalue weighted by Gasteiger charge is -2.12. The molecule has 0 saturated carbocycles. The van der Waals surface area contributed by atoms with Crippen molar-refractivity contribution in [1.82, 2.24) is 4.90 Å². The Morgan fingerprint density at radius 2 is 2.18 bits per heavy atom. The number of aliphatic hydroxyl groups is 1. The molecular weight excluding hydrogens is 210 g/mol. The van der Waals surface area contributed by atoms with Crippen LogP contribution < -0.4 is 0 Å². The van der Waals surface area contributed by atoms with Crippen LogP contribution in [0.2, 0.25) is 0 Å². The number of carbonyl (C=O) groups is 1. The molecule has 0 rings (SSSR count). The van der Waals surface area contributed by atoms with Crippen LogP contribution in [0, 0.1) is 0 Å². The van der Waals surface area contributed by atoms with Crippen LogP contribution in [0.25, 0.3) is 0 Å². The fourth-order valence-corrected chi connectivity index (χ4v) is 1.04. The zero-order chi connectivity index (χ0) is 8.69. The Bertz CT molecular complexity index is 119. The fourth-order valence-electron chi connectivity index (χ4n) is 0.640. The van der Waals surface area contributed by atoms with Gasteiger partial charge < -0.3 is 10.0 Å². The third kappa shape index (κ3) is 5.21. The highest BCUT2D eigenvalue weighted by Crippen LogP contribution is 2.00. The summed E-state index contributed by atoms with van der Waals surface area (Å²) in [5, 5.41) is 9.49. The number of carbonyl (C=O) groups excluding carboxylic acids is 1. The topological polar surface area (TPSA) is 40.5 Å². The van der Waals surface area contributed by atoms with Gasteiger partial charge in [-0.2, -0.15) is 0 Å². The normalized spacial score (nSPS) is 9.73. The monoisotopic (exact) mass is 223 g/mol. The highest BCUT2D eigenvalue weighted by atomic mass is 79.9. The molecule has 0 atom stereocenters. The minimum Gasteiger partial charge on any atom is -0.376 e. The van der Waals surface area contributed by atoms with Gasteiger partial charge in [-0.25, -0.2) is 0 Å². The van der Waals surface area contributed by atoms with Crippen LogP contribution in [0.4, 0.5) is 0 Å². The average Bonchev–Trinajstić information content (AvgIpc) is 2.03. The Labute approximate surface area is 75.5 Å². The van der Waals surface area contributed by atoms with Crippen LogP contribution in [0.5, 0.6) is 0 Å². The maximum atomic E-state index is 11.0. The van der Waals surface area contributed by atoms with Crippen LogP contribution in [-0.4, -0.2) is 35.0 Å². The van der Waals surface area contributed by atoms with E-state index in [2.05, 4.69) is 15.9 Å². The summed E-state index contributed by atoms with van der Waals surface area (Å²) in [5.74, 6) is 0.00782. The summed E-state index contributed by atoms with van der Waals surface area (Å²) >= 11 is 3.28. The Morgan fingerprint density at radius 1 is 1.55 bits per heavy atom. The second kappa shape index (κ2) is 6.61. The van der Waals surface area contributed by atoms with Gasteiger partial charge >= 0.3 is 0 Å². The van der Waals surface area contributed by atoms with Gasteiger partial charge in [0, 0.05) is 18.8 Å². The number of alkyl halides is 1. The van der Waals surface area contributed by atoms with Gasteiger partial charge in [-0.3, -0.25) is 4.79 Å². The summed E-state index contributed by atoms with van der Waals surface area (Å²) in [7, 11) is 1.59.